The van der Waals surface area contributed by atoms with Crippen LogP contribution in [0.5, 0.6) is 0 Å². The number of hydrogen-bond acceptors (Lipinski definition) is 3. The molecule has 0 aromatic heterocycles. The number of benzene rings is 1. The number of carbonyl (C=O) groups excluding carboxylic acids is 2. The molecule has 1 saturated heterocycles. The molecule has 1 unspecified atom stereocenters. The van der Waals surface area contributed by atoms with Crippen molar-refractivity contribution in [2.45, 2.75) is 24.9 Å². The molecule has 0 spiro atoms. The number of fused-ring (bicyclic) bond motifs is 2. The van der Waals surface area contributed by atoms with Gasteiger partial charge in [-0.1, -0.05) is 24.3 Å². The van der Waals surface area contributed by atoms with Gasteiger partial charge in [-0.25, -0.2) is 0 Å². The molecule has 4 heteroatoms. The van der Waals surface area contributed by atoms with Gasteiger partial charge in [0, 0.05) is 25.1 Å². The van der Waals surface area contributed by atoms with Gasteiger partial charge in [0.1, 0.15) is 5.54 Å². The maximum absolute atomic E-state index is 12.9. The average molecular weight is 258 g/mol. The summed E-state index contributed by atoms with van der Waals surface area (Å²) in [5.41, 5.74) is 1.11. The van der Waals surface area contributed by atoms with Crippen LogP contribution in [0, 0.1) is 0 Å². The number of likely N-dealkylation sites (N-methyl/N-ethyl adjacent to an activating group) is 1. The Morgan fingerprint density at radius 3 is 2.74 bits per heavy atom. The van der Waals surface area contributed by atoms with Gasteiger partial charge < -0.3 is 9.80 Å². The van der Waals surface area contributed by atoms with Gasteiger partial charge >= 0.3 is 0 Å². The molecule has 2 heterocycles. The third kappa shape index (κ3) is 1.70. The maximum Gasteiger partial charge on any atom is 0.223 e. The highest BCUT2D eigenvalue weighted by Gasteiger charge is 2.53. The van der Waals surface area contributed by atoms with Crippen LogP contribution in [0.1, 0.15) is 28.8 Å². The fourth-order valence-corrected chi connectivity index (χ4v) is 3.36. The Morgan fingerprint density at radius 2 is 2.00 bits per heavy atom. The van der Waals surface area contributed by atoms with E-state index in [0.717, 1.165) is 11.1 Å². The van der Waals surface area contributed by atoms with Crippen molar-refractivity contribution < 1.29 is 9.59 Å². The Bertz CT molecular complexity index is 553. The van der Waals surface area contributed by atoms with Gasteiger partial charge in [-0.3, -0.25) is 9.59 Å². The second kappa shape index (κ2) is 4.17. The maximum atomic E-state index is 12.9. The smallest absolute Gasteiger partial charge is 0.223 e. The van der Waals surface area contributed by atoms with E-state index >= 15 is 0 Å². The molecule has 0 bridgehead atoms. The summed E-state index contributed by atoms with van der Waals surface area (Å²) >= 11 is 0. The first-order valence-corrected chi connectivity index (χ1v) is 6.62. The molecule has 1 atom stereocenters. The van der Waals surface area contributed by atoms with E-state index in [-0.39, 0.29) is 11.7 Å². The molecule has 1 amide bonds. The van der Waals surface area contributed by atoms with Crippen LogP contribution in [-0.2, 0) is 11.3 Å². The van der Waals surface area contributed by atoms with Crippen LogP contribution >= 0.6 is 0 Å². The molecule has 0 radical (unpaired) electrons. The second-order valence-electron chi connectivity index (χ2n) is 5.74. The number of ketones is 1. The highest BCUT2D eigenvalue weighted by molar-refractivity contribution is 6.09. The summed E-state index contributed by atoms with van der Waals surface area (Å²) in [6.07, 6.45) is 1.12. The fourth-order valence-electron chi connectivity index (χ4n) is 3.36. The first kappa shape index (κ1) is 12.4. The molecule has 100 valence electrons. The van der Waals surface area contributed by atoms with Gasteiger partial charge in [-0.2, -0.15) is 0 Å². The fraction of sp³-hybridized carbons (Fsp3) is 0.467. The first-order chi connectivity index (χ1) is 9.04. The SMILES string of the molecule is CN(C)CC12CCC(=O)N1Cc1ccccc1C2=O. The number of hydrogen-bond donors (Lipinski definition) is 0. The molecule has 1 aromatic carbocycles. The van der Waals surface area contributed by atoms with Crippen LogP contribution < -0.4 is 0 Å². The van der Waals surface area contributed by atoms with Gasteiger partial charge in [0.05, 0.1) is 0 Å². The number of carbonyl (C=O) groups is 2. The van der Waals surface area contributed by atoms with Crippen LogP contribution in [0.2, 0.25) is 0 Å². The number of nitrogens with zero attached hydrogens (tertiary/aromatic N) is 2. The zero-order chi connectivity index (χ0) is 13.6. The average Bonchev–Trinajstić information content (AvgIpc) is 2.68. The van der Waals surface area contributed by atoms with E-state index in [1.165, 1.54) is 0 Å². The highest BCUT2D eigenvalue weighted by Crippen LogP contribution is 2.39. The van der Waals surface area contributed by atoms with Crippen molar-refractivity contribution >= 4 is 11.7 Å². The summed E-state index contributed by atoms with van der Waals surface area (Å²) in [4.78, 5) is 28.8. The largest absolute Gasteiger partial charge is 0.324 e. The van der Waals surface area contributed by atoms with Crippen LogP contribution in [0.4, 0.5) is 0 Å². The van der Waals surface area contributed by atoms with E-state index in [2.05, 4.69) is 0 Å². The minimum absolute atomic E-state index is 0.102. The minimum Gasteiger partial charge on any atom is -0.324 e. The predicted molar refractivity (Wildman–Crippen MR) is 71.8 cm³/mol. The van der Waals surface area contributed by atoms with Crippen LogP contribution in [0.25, 0.3) is 0 Å². The van der Waals surface area contributed by atoms with E-state index < -0.39 is 5.54 Å². The quantitative estimate of drug-likeness (QED) is 0.803. The van der Waals surface area contributed by atoms with E-state index in [1.54, 1.807) is 4.90 Å². The Labute approximate surface area is 113 Å². The summed E-state index contributed by atoms with van der Waals surface area (Å²) in [7, 11) is 3.90. The van der Waals surface area contributed by atoms with E-state index in [9.17, 15) is 9.59 Å². The van der Waals surface area contributed by atoms with Crippen molar-refractivity contribution in [2.24, 2.45) is 0 Å². The predicted octanol–water partition coefficient (Wildman–Crippen LogP) is 1.31. The molecule has 4 nitrogen and oxygen atoms in total. The second-order valence-corrected chi connectivity index (χ2v) is 5.74. The third-order valence-electron chi connectivity index (χ3n) is 4.16. The number of rotatable bonds is 2. The van der Waals surface area contributed by atoms with Crippen molar-refractivity contribution in [2.75, 3.05) is 20.6 Å². The first-order valence-electron chi connectivity index (χ1n) is 6.62. The van der Waals surface area contributed by atoms with Crippen LogP contribution in [0.3, 0.4) is 0 Å². The van der Waals surface area contributed by atoms with Crippen LogP contribution in [0.15, 0.2) is 24.3 Å². The minimum atomic E-state index is -0.644. The van der Waals surface area contributed by atoms with Gasteiger partial charge in [0.2, 0.25) is 5.91 Å². The highest BCUT2D eigenvalue weighted by atomic mass is 16.2. The summed E-state index contributed by atoms with van der Waals surface area (Å²) in [5.74, 6) is 0.207. The molecule has 0 aliphatic carbocycles. The molecule has 19 heavy (non-hydrogen) atoms. The van der Waals surface area contributed by atoms with Crippen molar-refractivity contribution in [1.82, 2.24) is 9.80 Å². The van der Waals surface area contributed by atoms with Crippen molar-refractivity contribution in [3.05, 3.63) is 35.4 Å². The molecular formula is C15H18N2O2. The van der Waals surface area contributed by atoms with E-state index in [1.807, 2.05) is 43.3 Å². The third-order valence-corrected chi connectivity index (χ3v) is 4.16. The van der Waals surface area contributed by atoms with Crippen molar-refractivity contribution in [3.63, 3.8) is 0 Å². The molecular weight excluding hydrogens is 240 g/mol. The topological polar surface area (TPSA) is 40.6 Å². The van der Waals surface area contributed by atoms with Gasteiger partial charge in [0.15, 0.2) is 5.78 Å². The van der Waals surface area contributed by atoms with Gasteiger partial charge in [-0.15, -0.1) is 0 Å². The zero-order valence-electron chi connectivity index (χ0n) is 11.3. The summed E-state index contributed by atoms with van der Waals surface area (Å²) in [5, 5.41) is 0. The standard InChI is InChI=1S/C15H18N2O2/c1-16(2)10-15-8-7-13(18)17(15)9-11-5-3-4-6-12(11)14(15)19/h3-6H,7-10H2,1-2H3. The Balaban J connectivity index is 2.11. The monoisotopic (exact) mass is 258 g/mol. The Hall–Kier alpha value is -1.68. The Kier molecular flexibility index (Phi) is 2.71. The lowest BCUT2D eigenvalue weighted by Gasteiger charge is -2.43. The van der Waals surface area contributed by atoms with Crippen LogP contribution in [-0.4, -0.2) is 47.7 Å². The molecule has 1 fully saturated rings. The normalized spacial score (nSPS) is 25.7. The molecule has 0 saturated carbocycles. The molecule has 2 aliphatic heterocycles. The molecule has 0 N–H and O–H groups in total. The summed E-state index contributed by atoms with van der Waals surface area (Å²) < 4.78 is 0. The number of amides is 1. The van der Waals surface area contributed by atoms with Gasteiger partial charge in [0.25, 0.3) is 0 Å². The molecule has 3 rings (SSSR count). The molecule has 2 aliphatic rings. The lowest BCUT2D eigenvalue weighted by Crippen LogP contribution is -2.59. The Morgan fingerprint density at radius 1 is 1.26 bits per heavy atom. The van der Waals surface area contributed by atoms with Crippen molar-refractivity contribution in [1.29, 1.82) is 0 Å². The summed E-state index contributed by atoms with van der Waals surface area (Å²) in [6, 6.07) is 7.64. The molecule has 1 aromatic rings. The lowest BCUT2D eigenvalue weighted by atomic mass is 9.81. The lowest BCUT2D eigenvalue weighted by molar-refractivity contribution is -0.131. The summed E-state index contributed by atoms with van der Waals surface area (Å²) in [6.45, 7) is 1.17. The van der Waals surface area contributed by atoms with Gasteiger partial charge in [-0.05, 0) is 26.1 Å². The van der Waals surface area contributed by atoms with Crippen molar-refractivity contribution in [3.8, 4) is 0 Å². The van der Waals surface area contributed by atoms with E-state index in [4.69, 9.17) is 0 Å². The zero-order valence-corrected chi connectivity index (χ0v) is 11.3. The number of Topliss-reactive ketones (excluding diaryl/α,β-unsaturated/α-hetero) is 1. The van der Waals surface area contributed by atoms with E-state index in [0.29, 0.717) is 25.9 Å².